The molecule has 0 fully saturated rings. The van der Waals surface area contributed by atoms with Gasteiger partial charge in [-0.15, -0.1) is 0 Å². The molecule has 0 aromatic carbocycles. The Bertz CT molecular complexity index is 189. The van der Waals surface area contributed by atoms with E-state index in [0.29, 0.717) is 12.8 Å². The number of rotatable bonds is 9. The van der Waals surface area contributed by atoms with Crippen molar-refractivity contribution in [3.63, 3.8) is 0 Å². The van der Waals surface area contributed by atoms with Crippen LogP contribution in [0.4, 0.5) is 0 Å². The standard InChI is InChI=1S/C10H17NO2S/c11-7-3-5-9-14-8-4-1-2-6-10(12)13/h1-6,8-9H2,(H,12,13). The molecule has 80 valence electrons. The zero-order valence-corrected chi connectivity index (χ0v) is 9.18. The van der Waals surface area contributed by atoms with Crippen LogP contribution in [0.3, 0.4) is 0 Å². The number of hydrogen-bond acceptors (Lipinski definition) is 3. The minimum Gasteiger partial charge on any atom is -0.481 e. The SMILES string of the molecule is N#CCCCSCCCCCC(=O)O. The van der Waals surface area contributed by atoms with E-state index in [1.807, 2.05) is 11.8 Å². The Balaban J connectivity index is 2.93. The zero-order valence-electron chi connectivity index (χ0n) is 8.37. The highest BCUT2D eigenvalue weighted by Gasteiger charge is 1.96. The number of aliphatic carboxylic acids is 1. The zero-order chi connectivity index (χ0) is 10.6. The summed E-state index contributed by atoms with van der Waals surface area (Å²) in [6.07, 6.45) is 4.78. The van der Waals surface area contributed by atoms with E-state index in [1.54, 1.807) is 0 Å². The van der Waals surface area contributed by atoms with Crippen LogP contribution < -0.4 is 0 Å². The lowest BCUT2D eigenvalue weighted by atomic mass is 10.2. The summed E-state index contributed by atoms with van der Waals surface area (Å²) in [4.78, 5) is 10.2. The topological polar surface area (TPSA) is 61.1 Å². The first kappa shape index (κ1) is 13.3. The van der Waals surface area contributed by atoms with Gasteiger partial charge in [0, 0.05) is 12.8 Å². The van der Waals surface area contributed by atoms with Gasteiger partial charge in [-0.3, -0.25) is 4.79 Å². The van der Waals surface area contributed by atoms with Gasteiger partial charge in [0.05, 0.1) is 6.07 Å². The first-order valence-electron chi connectivity index (χ1n) is 4.94. The highest BCUT2D eigenvalue weighted by atomic mass is 32.2. The number of carbonyl (C=O) groups is 1. The number of carboxylic acid groups (broad SMARTS) is 1. The van der Waals surface area contributed by atoms with Gasteiger partial charge in [-0.05, 0) is 30.8 Å². The molecule has 0 aromatic heterocycles. The average molecular weight is 215 g/mol. The van der Waals surface area contributed by atoms with Crippen molar-refractivity contribution >= 4 is 17.7 Å². The predicted octanol–water partition coefficient (Wildman–Crippen LogP) is 2.67. The highest BCUT2D eigenvalue weighted by Crippen LogP contribution is 2.09. The second kappa shape index (κ2) is 10.4. The van der Waals surface area contributed by atoms with E-state index in [4.69, 9.17) is 10.4 Å². The van der Waals surface area contributed by atoms with Crippen LogP contribution in [0.2, 0.25) is 0 Å². The smallest absolute Gasteiger partial charge is 0.303 e. The average Bonchev–Trinajstić information content (AvgIpc) is 2.15. The Morgan fingerprint density at radius 1 is 1.21 bits per heavy atom. The van der Waals surface area contributed by atoms with Gasteiger partial charge in [0.1, 0.15) is 0 Å². The fraction of sp³-hybridized carbons (Fsp3) is 0.800. The minimum atomic E-state index is -0.702. The first-order valence-corrected chi connectivity index (χ1v) is 6.09. The van der Waals surface area contributed by atoms with E-state index in [1.165, 1.54) is 0 Å². The quantitative estimate of drug-likeness (QED) is 0.601. The molecule has 14 heavy (non-hydrogen) atoms. The molecule has 0 bridgehead atoms. The largest absolute Gasteiger partial charge is 0.481 e. The minimum absolute atomic E-state index is 0.291. The molecule has 3 nitrogen and oxygen atoms in total. The number of nitriles is 1. The highest BCUT2D eigenvalue weighted by molar-refractivity contribution is 7.99. The summed E-state index contributed by atoms with van der Waals surface area (Å²) in [5.74, 6) is 1.43. The number of carboxylic acids is 1. The van der Waals surface area contributed by atoms with Crippen molar-refractivity contribution in [1.82, 2.24) is 0 Å². The van der Waals surface area contributed by atoms with Gasteiger partial charge in [0.25, 0.3) is 0 Å². The maximum Gasteiger partial charge on any atom is 0.303 e. The fourth-order valence-corrected chi connectivity index (χ4v) is 1.97. The third-order valence-corrected chi connectivity index (χ3v) is 2.91. The monoisotopic (exact) mass is 215 g/mol. The van der Waals surface area contributed by atoms with Gasteiger partial charge in [-0.2, -0.15) is 17.0 Å². The Morgan fingerprint density at radius 2 is 1.93 bits per heavy atom. The van der Waals surface area contributed by atoms with Crippen LogP contribution in [0, 0.1) is 11.3 Å². The molecule has 0 unspecified atom stereocenters. The van der Waals surface area contributed by atoms with Crippen molar-refractivity contribution in [3.8, 4) is 6.07 Å². The Hall–Kier alpha value is -0.690. The number of nitrogens with zero attached hydrogens (tertiary/aromatic N) is 1. The summed E-state index contributed by atoms with van der Waals surface area (Å²) in [7, 11) is 0. The molecule has 4 heteroatoms. The molecule has 0 heterocycles. The summed E-state index contributed by atoms with van der Waals surface area (Å²) in [5.41, 5.74) is 0. The van der Waals surface area contributed by atoms with Crippen molar-refractivity contribution in [1.29, 1.82) is 5.26 Å². The van der Waals surface area contributed by atoms with Gasteiger partial charge in [0.2, 0.25) is 0 Å². The fourth-order valence-electron chi connectivity index (χ4n) is 1.01. The number of hydrogen-bond donors (Lipinski definition) is 1. The van der Waals surface area contributed by atoms with Crippen molar-refractivity contribution in [3.05, 3.63) is 0 Å². The third kappa shape index (κ3) is 11.3. The van der Waals surface area contributed by atoms with E-state index in [9.17, 15) is 4.79 Å². The van der Waals surface area contributed by atoms with Crippen molar-refractivity contribution in [2.45, 2.75) is 38.5 Å². The summed E-state index contributed by atoms with van der Waals surface area (Å²) in [5, 5.41) is 16.7. The molecular weight excluding hydrogens is 198 g/mol. The van der Waals surface area contributed by atoms with Crippen LogP contribution in [0.15, 0.2) is 0 Å². The van der Waals surface area contributed by atoms with E-state index < -0.39 is 5.97 Å². The Labute approximate surface area is 89.5 Å². The first-order chi connectivity index (χ1) is 6.77. The second-order valence-electron chi connectivity index (χ2n) is 3.08. The van der Waals surface area contributed by atoms with Crippen LogP contribution in [0.5, 0.6) is 0 Å². The van der Waals surface area contributed by atoms with E-state index in [2.05, 4.69) is 6.07 Å². The second-order valence-corrected chi connectivity index (χ2v) is 4.30. The van der Waals surface area contributed by atoms with Crippen molar-refractivity contribution < 1.29 is 9.90 Å². The third-order valence-electron chi connectivity index (χ3n) is 1.76. The molecule has 0 atom stereocenters. The van der Waals surface area contributed by atoms with Gasteiger partial charge < -0.3 is 5.11 Å². The molecule has 0 aliphatic rings. The summed E-state index contributed by atoms with van der Waals surface area (Å²) < 4.78 is 0. The molecule has 0 saturated heterocycles. The van der Waals surface area contributed by atoms with Gasteiger partial charge in [-0.25, -0.2) is 0 Å². The molecule has 1 N–H and O–H groups in total. The molecule has 0 radical (unpaired) electrons. The van der Waals surface area contributed by atoms with E-state index >= 15 is 0 Å². The summed E-state index contributed by atoms with van der Waals surface area (Å²) in [6.45, 7) is 0. The van der Waals surface area contributed by atoms with Crippen LogP contribution in [-0.2, 0) is 4.79 Å². The lowest BCUT2D eigenvalue weighted by Crippen LogP contribution is -1.94. The Kier molecular flexibility index (Phi) is 9.88. The molecule has 0 saturated carbocycles. The molecule has 0 aliphatic heterocycles. The molecule has 0 aliphatic carbocycles. The molecule has 0 spiro atoms. The van der Waals surface area contributed by atoms with Crippen molar-refractivity contribution in [2.75, 3.05) is 11.5 Å². The molecule has 0 amide bonds. The summed E-state index contributed by atoms with van der Waals surface area (Å²) in [6, 6.07) is 2.11. The normalized spacial score (nSPS) is 9.64. The molecule has 0 aromatic rings. The maximum atomic E-state index is 10.2. The van der Waals surface area contributed by atoms with Crippen molar-refractivity contribution in [2.24, 2.45) is 0 Å². The van der Waals surface area contributed by atoms with Gasteiger partial charge in [-0.1, -0.05) is 6.42 Å². The van der Waals surface area contributed by atoms with Gasteiger partial charge >= 0.3 is 5.97 Å². The van der Waals surface area contributed by atoms with Crippen LogP contribution >= 0.6 is 11.8 Å². The van der Waals surface area contributed by atoms with Crippen LogP contribution in [-0.4, -0.2) is 22.6 Å². The summed E-state index contributed by atoms with van der Waals surface area (Å²) >= 11 is 1.85. The Morgan fingerprint density at radius 3 is 2.57 bits per heavy atom. The lowest BCUT2D eigenvalue weighted by molar-refractivity contribution is -0.137. The van der Waals surface area contributed by atoms with Crippen LogP contribution in [0.1, 0.15) is 38.5 Å². The number of unbranched alkanes of at least 4 members (excludes halogenated alkanes) is 3. The van der Waals surface area contributed by atoms with E-state index in [0.717, 1.165) is 37.2 Å². The molecular formula is C10H17NO2S. The van der Waals surface area contributed by atoms with Gasteiger partial charge in [0.15, 0.2) is 0 Å². The van der Waals surface area contributed by atoms with E-state index in [-0.39, 0.29) is 0 Å². The number of thioether (sulfide) groups is 1. The molecule has 0 rings (SSSR count). The predicted molar refractivity (Wildman–Crippen MR) is 58.3 cm³/mol. The van der Waals surface area contributed by atoms with Crippen LogP contribution in [0.25, 0.3) is 0 Å². The lowest BCUT2D eigenvalue weighted by Gasteiger charge is -1.99. The maximum absolute atomic E-state index is 10.2.